The number of hydrogen-bond donors (Lipinski definition) is 3. The van der Waals surface area contributed by atoms with Crippen molar-refractivity contribution >= 4 is 17.8 Å². The minimum atomic E-state index is -0.542. The van der Waals surface area contributed by atoms with E-state index in [-0.39, 0.29) is 46.3 Å². The molecule has 3 aliphatic rings. The highest BCUT2D eigenvalue weighted by molar-refractivity contribution is 6.23. The molecule has 152 valence electrons. The van der Waals surface area contributed by atoms with Crippen LogP contribution in [-0.2, 0) is 9.59 Å². The normalized spacial score (nSPS) is 33.0. The van der Waals surface area contributed by atoms with Crippen molar-refractivity contribution in [1.29, 1.82) is 0 Å². The number of Topliss-reactive ketones (excluding diaryl/α,β-unsaturated/α-hetero) is 1. The maximum Gasteiger partial charge on any atom is 0.263 e. The number of rotatable bonds is 3. The Kier molecular flexibility index (Phi) is 5.07. The van der Waals surface area contributed by atoms with Crippen molar-refractivity contribution in [2.45, 2.75) is 33.1 Å². The summed E-state index contributed by atoms with van der Waals surface area (Å²) in [6, 6.07) is 6.39. The van der Waals surface area contributed by atoms with Crippen LogP contribution in [0.5, 0.6) is 5.75 Å². The van der Waals surface area contributed by atoms with Crippen LogP contribution in [0.15, 0.2) is 53.4 Å². The van der Waals surface area contributed by atoms with Gasteiger partial charge < -0.3 is 15.5 Å². The molecule has 1 heterocycles. The maximum atomic E-state index is 13.4. The van der Waals surface area contributed by atoms with E-state index in [2.05, 4.69) is 24.4 Å². The molecule has 5 nitrogen and oxygen atoms in total. The number of benzene rings is 1. The number of aliphatic hydroxyl groups excluding tert-OH is 1. The first-order valence-corrected chi connectivity index (χ1v) is 10.3. The number of amides is 1. The zero-order valence-corrected chi connectivity index (χ0v) is 16.8. The molecule has 0 saturated heterocycles. The summed E-state index contributed by atoms with van der Waals surface area (Å²) < 4.78 is 0. The maximum absolute atomic E-state index is 13.4. The van der Waals surface area contributed by atoms with Gasteiger partial charge >= 0.3 is 0 Å². The summed E-state index contributed by atoms with van der Waals surface area (Å²) in [6.07, 6.45) is 9.08. The van der Waals surface area contributed by atoms with Crippen LogP contribution in [0.2, 0.25) is 0 Å². The topological polar surface area (TPSA) is 86.6 Å². The summed E-state index contributed by atoms with van der Waals surface area (Å²) in [7, 11) is 0. The highest BCUT2D eigenvalue weighted by Crippen LogP contribution is 2.46. The second-order valence-corrected chi connectivity index (χ2v) is 8.71. The third kappa shape index (κ3) is 3.61. The number of phenolic OH excluding ortho intramolecular Hbond substituents is 1. The molecule has 1 amide bonds. The van der Waals surface area contributed by atoms with Gasteiger partial charge in [-0.15, -0.1) is 0 Å². The van der Waals surface area contributed by atoms with E-state index in [1.165, 1.54) is 12.1 Å². The summed E-state index contributed by atoms with van der Waals surface area (Å²) in [4.78, 5) is 26.0. The van der Waals surface area contributed by atoms with Gasteiger partial charge in [-0.2, -0.15) is 0 Å². The van der Waals surface area contributed by atoms with Gasteiger partial charge in [-0.3, -0.25) is 9.59 Å². The summed E-state index contributed by atoms with van der Waals surface area (Å²) in [6.45, 7) is 4.27. The van der Waals surface area contributed by atoms with Gasteiger partial charge in [-0.1, -0.05) is 44.6 Å². The van der Waals surface area contributed by atoms with Crippen LogP contribution in [0.4, 0.5) is 0 Å². The molecule has 1 aromatic rings. The molecule has 1 fully saturated rings. The summed E-state index contributed by atoms with van der Waals surface area (Å²) in [5, 5.41) is 22.7. The van der Waals surface area contributed by atoms with Crippen LogP contribution in [-0.4, -0.2) is 21.9 Å². The number of carbonyl (C=O) groups is 2. The van der Waals surface area contributed by atoms with Crippen molar-refractivity contribution in [1.82, 2.24) is 5.32 Å². The Bertz CT molecular complexity index is 925. The van der Waals surface area contributed by atoms with Gasteiger partial charge in [0.25, 0.3) is 5.91 Å². The first-order valence-electron chi connectivity index (χ1n) is 10.3. The molecule has 0 unspecified atom stereocenters. The quantitative estimate of drug-likeness (QED) is 0.533. The summed E-state index contributed by atoms with van der Waals surface area (Å²) in [5.41, 5.74) is 0.796. The third-order valence-electron chi connectivity index (χ3n) is 6.63. The Balaban J connectivity index is 1.65. The van der Waals surface area contributed by atoms with Crippen molar-refractivity contribution in [2.24, 2.45) is 29.6 Å². The number of hydrogen-bond acceptors (Lipinski definition) is 4. The Labute approximate surface area is 170 Å². The van der Waals surface area contributed by atoms with Gasteiger partial charge in [0.2, 0.25) is 0 Å². The second kappa shape index (κ2) is 7.54. The molecule has 1 saturated carbocycles. The largest absolute Gasteiger partial charge is 0.508 e. The zero-order valence-electron chi connectivity index (χ0n) is 16.8. The Morgan fingerprint density at radius 1 is 1.10 bits per heavy atom. The molecule has 29 heavy (non-hydrogen) atoms. The predicted molar refractivity (Wildman–Crippen MR) is 111 cm³/mol. The molecule has 0 bridgehead atoms. The average Bonchev–Trinajstić information content (AvgIpc) is 2.96. The van der Waals surface area contributed by atoms with E-state index in [9.17, 15) is 19.8 Å². The fraction of sp³-hybridized carbons (Fsp3) is 0.417. The van der Waals surface area contributed by atoms with Gasteiger partial charge in [0.1, 0.15) is 11.3 Å². The Morgan fingerprint density at radius 2 is 1.83 bits per heavy atom. The van der Waals surface area contributed by atoms with Gasteiger partial charge in [-0.05, 0) is 60.3 Å². The summed E-state index contributed by atoms with van der Waals surface area (Å²) >= 11 is 0. The number of aliphatic hydroxyl groups is 1. The standard InChI is InChI=1S/C24H27NO4/c1-13-3-10-18-16(11-13)7-4-14(2)20(18)23(28)21-22(27)19(25-24(21)29)12-15-5-8-17(26)9-6-15/h4-9,12-14,16,18,20,26-27H,3,10-11H2,1-2H3,(H,25,29)/b19-12-/t13-,14-,16-,18-,20-/m0/s1. The van der Waals surface area contributed by atoms with Gasteiger partial charge in [-0.25, -0.2) is 0 Å². The lowest BCUT2D eigenvalue weighted by molar-refractivity contribution is -0.127. The molecular formula is C24H27NO4. The van der Waals surface area contributed by atoms with Crippen molar-refractivity contribution in [2.75, 3.05) is 0 Å². The van der Waals surface area contributed by atoms with E-state index in [1.54, 1.807) is 18.2 Å². The molecule has 0 aromatic heterocycles. The molecule has 4 rings (SSSR count). The van der Waals surface area contributed by atoms with E-state index < -0.39 is 5.91 Å². The van der Waals surface area contributed by atoms with Gasteiger partial charge in [0.15, 0.2) is 11.5 Å². The number of fused-ring (bicyclic) bond motifs is 1. The van der Waals surface area contributed by atoms with E-state index in [0.29, 0.717) is 17.4 Å². The lowest BCUT2D eigenvalue weighted by Crippen LogP contribution is -2.40. The molecule has 0 spiro atoms. The molecule has 3 N–H and O–H groups in total. The highest BCUT2D eigenvalue weighted by atomic mass is 16.3. The molecular weight excluding hydrogens is 366 g/mol. The van der Waals surface area contributed by atoms with Crippen molar-refractivity contribution < 1.29 is 19.8 Å². The van der Waals surface area contributed by atoms with E-state index in [0.717, 1.165) is 19.3 Å². The first-order chi connectivity index (χ1) is 13.8. The third-order valence-corrected chi connectivity index (χ3v) is 6.63. The number of nitrogens with one attached hydrogen (secondary N) is 1. The van der Waals surface area contributed by atoms with E-state index >= 15 is 0 Å². The molecule has 1 aromatic carbocycles. The number of carbonyl (C=O) groups excluding carboxylic acids is 2. The number of allylic oxidation sites excluding steroid dienone is 2. The van der Waals surface area contributed by atoms with Crippen LogP contribution >= 0.6 is 0 Å². The van der Waals surface area contributed by atoms with Crippen LogP contribution < -0.4 is 5.32 Å². The fourth-order valence-electron chi connectivity index (χ4n) is 5.10. The summed E-state index contributed by atoms with van der Waals surface area (Å²) in [5.74, 6) is 0.0381. The average molecular weight is 393 g/mol. The minimum Gasteiger partial charge on any atom is -0.508 e. The molecule has 1 aliphatic heterocycles. The van der Waals surface area contributed by atoms with Crippen molar-refractivity contribution in [3.8, 4) is 5.75 Å². The molecule has 2 aliphatic carbocycles. The van der Waals surface area contributed by atoms with Crippen molar-refractivity contribution in [3.05, 3.63) is 59.0 Å². The van der Waals surface area contributed by atoms with E-state index in [1.807, 2.05) is 6.92 Å². The predicted octanol–water partition coefficient (Wildman–Crippen LogP) is 4.12. The van der Waals surface area contributed by atoms with Gasteiger partial charge in [0.05, 0.1) is 5.70 Å². The minimum absolute atomic E-state index is 0.0374. The number of ketones is 1. The fourth-order valence-corrected chi connectivity index (χ4v) is 5.10. The number of phenols is 1. The second-order valence-electron chi connectivity index (χ2n) is 8.71. The monoisotopic (exact) mass is 393 g/mol. The van der Waals surface area contributed by atoms with E-state index in [4.69, 9.17) is 0 Å². The highest BCUT2D eigenvalue weighted by Gasteiger charge is 2.45. The lowest BCUT2D eigenvalue weighted by atomic mass is 9.61. The van der Waals surface area contributed by atoms with Crippen LogP contribution in [0, 0.1) is 29.6 Å². The Hall–Kier alpha value is -2.82. The van der Waals surface area contributed by atoms with Gasteiger partial charge in [0, 0.05) is 5.92 Å². The zero-order chi connectivity index (χ0) is 20.7. The number of aromatic hydroxyl groups is 1. The Morgan fingerprint density at radius 3 is 2.55 bits per heavy atom. The smallest absolute Gasteiger partial charge is 0.263 e. The first kappa shape index (κ1) is 19.5. The molecule has 0 radical (unpaired) electrons. The van der Waals surface area contributed by atoms with Crippen LogP contribution in [0.25, 0.3) is 6.08 Å². The SMILES string of the molecule is C[C@H]1CC[C@@H]2[C@@H](C(=O)C3=C(O)/C(=C/c4ccc(O)cc4)NC3=O)[C@@H](C)C=C[C@H]2C1. The lowest BCUT2D eigenvalue weighted by Gasteiger charge is -2.42. The van der Waals surface area contributed by atoms with Crippen LogP contribution in [0.3, 0.4) is 0 Å². The van der Waals surface area contributed by atoms with Crippen molar-refractivity contribution in [3.63, 3.8) is 0 Å². The molecule has 5 heteroatoms. The molecule has 5 atom stereocenters. The van der Waals surface area contributed by atoms with Crippen LogP contribution in [0.1, 0.15) is 38.7 Å².